The molecule has 1 aliphatic carbocycles. The van der Waals surface area contributed by atoms with Crippen LogP contribution in [-0.2, 0) is 12.3 Å². The van der Waals surface area contributed by atoms with Crippen molar-refractivity contribution in [1.29, 1.82) is 0 Å². The molecule has 2 aromatic rings. The van der Waals surface area contributed by atoms with Crippen molar-refractivity contribution >= 4 is 16.2 Å². The molecule has 2 aromatic heterocycles. The van der Waals surface area contributed by atoms with E-state index >= 15 is 0 Å². The van der Waals surface area contributed by atoms with Gasteiger partial charge in [0.1, 0.15) is 16.8 Å². The number of hydrogen-bond donors (Lipinski definition) is 1. The van der Waals surface area contributed by atoms with E-state index in [0.717, 1.165) is 4.83 Å². The van der Waals surface area contributed by atoms with Crippen LogP contribution in [0.25, 0.3) is 4.83 Å². The van der Waals surface area contributed by atoms with Gasteiger partial charge < -0.3 is 5.11 Å². The van der Waals surface area contributed by atoms with E-state index in [1.54, 1.807) is 16.9 Å². The Bertz CT molecular complexity index is 486. The van der Waals surface area contributed by atoms with E-state index in [4.69, 9.17) is 0 Å². The quantitative estimate of drug-likeness (QED) is 0.824. The second kappa shape index (κ2) is 2.55. The van der Waals surface area contributed by atoms with Gasteiger partial charge in [0.25, 0.3) is 0 Å². The molecule has 0 aromatic carbocycles. The lowest BCUT2D eigenvalue weighted by Crippen LogP contribution is -2.01. The molecule has 0 amide bonds. The molecule has 0 spiro atoms. The maximum absolute atomic E-state index is 13.9. The zero-order valence-corrected chi connectivity index (χ0v) is 8.22. The van der Waals surface area contributed by atoms with Gasteiger partial charge in [0.2, 0.25) is 0 Å². The van der Waals surface area contributed by atoms with Gasteiger partial charge in [-0.25, -0.2) is 9.37 Å². The number of aliphatic hydroxyl groups is 1. The first-order valence-electron chi connectivity index (χ1n) is 4.48. The molecule has 1 fully saturated rings. The summed E-state index contributed by atoms with van der Waals surface area (Å²) in [5.74, 6) is 0. The van der Waals surface area contributed by atoms with Crippen molar-refractivity contribution < 1.29 is 9.50 Å². The van der Waals surface area contributed by atoms with Gasteiger partial charge >= 0.3 is 0 Å². The van der Waals surface area contributed by atoms with Gasteiger partial charge in [-0.3, -0.25) is 4.40 Å². The molecule has 0 atom stereocenters. The zero-order valence-electron chi connectivity index (χ0n) is 7.40. The largest absolute Gasteiger partial charge is 0.390 e. The first-order valence-corrected chi connectivity index (χ1v) is 5.30. The molecule has 0 bridgehead atoms. The van der Waals surface area contributed by atoms with E-state index in [1.807, 2.05) is 0 Å². The number of rotatable bonds is 2. The summed E-state index contributed by atoms with van der Waals surface area (Å²) in [5, 5.41) is 9.21. The normalized spacial score (nSPS) is 19.0. The zero-order chi connectivity index (χ0) is 9.76. The Hall–Kier alpha value is -0.940. The molecule has 1 saturated carbocycles. The molecule has 0 unspecified atom stereocenters. The van der Waals surface area contributed by atoms with Crippen molar-refractivity contribution in [2.75, 3.05) is 0 Å². The van der Waals surface area contributed by atoms with Crippen LogP contribution in [0.4, 0.5) is 4.39 Å². The molecule has 3 nitrogen and oxygen atoms in total. The van der Waals surface area contributed by atoms with Crippen molar-refractivity contribution in [1.82, 2.24) is 9.38 Å². The van der Waals surface area contributed by atoms with Crippen LogP contribution in [0.1, 0.15) is 23.4 Å². The van der Waals surface area contributed by atoms with Crippen LogP contribution in [0.15, 0.2) is 12.5 Å². The highest BCUT2D eigenvalue weighted by atomic mass is 32.1. The van der Waals surface area contributed by atoms with Crippen molar-refractivity contribution in [3.63, 3.8) is 0 Å². The van der Waals surface area contributed by atoms with Crippen molar-refractivity contribution in [3.8, 4) is 0 Å². The van der Waals surface area contributed by atoms with Crippen LogP contribution in [0, 0.1) is 0 Å². The van der Waals surface area contributed by atoms with Gasteiger partial charge in [-0.1, -0.05) is 0 Å². The molecule has 74 valence electrons. The molecule has 1 N–H and O–H groups in total. The highest BCUT2D eigenvalue weighted by molar-refractivity contribution is 7.17. The number of hydrogen-bond acceptors (Lipinski definition) is 3. The van der Waals surface area contributed by atoms with E-state index in [2.05, 4.69) is 4.98 Å². The van der Waals surface area contributed by atoms with Crippen LogP contribution in [0.2, 0.25) is 0 Å². The number of alkyl halides is 1. The Morgan fingerprint density at radius 2 is 2.43 bits per heavy atom. The maximum atomic E-state index is 13.9. The first kappa shape index (κ1) is 8.38. The fourth-order valence-electron chi connectivity index (χ4n) is 1.67. The number of fused-ring (bicyclic) bond motifs is 1. The number of aromatic nitrogens is 2. The topological polar surface area (TPSA) is 37.5 Å². The summed E-state index contributed by atoms with van der Waals surface area (Å²) in [6.45, 7) is -0.128. The Labute approximate surface area is 83.8 Å². The van der Waals surface area contributed by atoms with E-state index in [-0.39, 0.29) is 6.61 Å². The van der Waals surface area contributed by atoms with E-state index in [9.17, 15) is 9.50 Å². The van der Waals surface area contributed by atoms with Crippen LogP contribution in [0.5, 0.6) is 0 Å². The minimum absolute atomic E-state index is 0.128. The summed E-state index contributed by atoms with van der Waals surface area (Å²) in [6.07, 6.45) is 4.47. The number of imidazole rings is 1. The molecule has 0 saturated heterocycles. The molecule has 5 heteroatoms. The Balaban J connectivity index is 2.27. The van der Waals surface area contributed by atoms with Crippen LogP contribution in [0.3, 0.4) is 0 Å². The van der Waals surface area contributed by atoms with Crippen molar-refractivity contribution in [3.05, 3.63) is 23.1 Å². The predicted octanol–water partition coefficient (Wildman–Crippen LogP) is 1.85. The lowest BCUT2D eigenvalue weighted by atomic mass is 10.2. The minimum Gasteiger partial charge on any atom is -0.390 e. The van der Waals surface area contributed by atoms with E-state index < -0.39 is 5.67 Å². The molecule has 1 aliphatic rings. The van der Waals surface area contributed by atoms with Crippen molar-refractivity contribution in [2.45, 2.75) is 25.1 Å². The summed E-state index contributed by atoms with van der Waals surface area (Å²) in [4.78, 5) is 5.53. The second-order valence-corrected chi connectivity index (χ2v) is 4.63. The lowest BCUT2D eigenvalue weighted by Gasteiger charge is -2.03. The molecule has 14 heavy (non-hydrogen) atoms. The SMILES string of the molecule is OCc1c(C2(F)CC2)sc2cncn12. The molecular weight excluding hydrogens is 203 g/mol. The van der Waals surface area contributed by atoms with Gasteiger partial charge in [0.15, 0.2) is 0 Å². The smallest absolute Gasteiger partial charge is 0.147 e. The van der Waals surface area contributed by atoms with Gasteiger partial charge in [-0.05, 0) is 12.8 Å². The van der Waals surface area contributed by atoms with Crippen LogP contribution < -0.4 is 0 Å². The molecule has 3 rings (SSSR count). The minimum atomic E-state index is -1.16. The average Bonchev–Trinajstić information content (AvgIpc) is 2.65. The summed E-state index contributed by atoms with van der Waals surface area (Å²) in [7, 11) is 0. The molecule has 0 aliphatic heterocycles. The molecule has 2 heterocycles. The number of thiazole rings is 1. The summed E-state index contributed by atoms with van der Waals surface area (Å²) >= 11 is 1.39. The third kappa shape index (κ3) is 0.965. The summed E-state index contributed by atoms with van der Waals surface area (Å²) in [6, 6.07) is 0. The number of nitrogens with zero attached hydrogens (tertiary/aromatic N) is 2. The number of aliphatic hydroxyl groups excluding tert-OH is 1. The standard InChI is InChI=1S/C9H9FN2OS/c10-9(1-2-9)8-6(4-13)12-5-11-3-7(12)14-8/h3,5,13H,1-2,4H2. The second-order valence-electron chi connectivity index (χ2n) is 3.60. The molecular formula is C9H9FN2OS. The Morgan fingerprint density at radius 3 is 3.07 bits per heavy atom. The van der Waals surface area contributed by atoms with Crippen LogP contribution in [-0.4, -0.2) is 14.5 Å². The van der Waals surface area contributed by atoms with E-state index in [1.165, 1.54) is 11.3 Å². The Kier molecular flexibility index (Phi) is 1.52. The third-order valence-electron chi connectivity index (χ3n) is 2.61. The van der Waals surface area contributed by atoms with E-state index in [0.29, 0.717) is 23.4 Å². The van der Waals surface area contributed by atoms with Crippen LogP contribution >= 0.6 is 11.3 Å². The summed E-state index contributed by atoms with van der Waals surface area (Å²) < 4.78 is 15.6. The predicted molar refractivity (Wildman–Crippen MR) is 51.0 cm³/mol. The fraction of sp³-hybridized carbons (Fsp3) is 0.444. The van der Waals surface area contributed by atoms with Gasteiger partial charge in [0, 0.05) is 0 Å². The van der Waals surface area contributed by atoms with Gasteiger partial charge in [-0.2, -0.15) is 0 Å². The molecule has 0 radical (unpaired) electrons. The van der Waals surface area contributed by atoms with Gasteiger partial charge in [0.05, 0.1) is 23.4 Å². The monoisotopic (exact) mass is 212 g/mol. The van der Waals surface area contributed by atoms with Crippen molar-refractivity contribution in [2.24, 2.45) is 0 Å². The first-order chi connectivity index (χ1) is 6.74. The fourth-order valence-corrected chi connectivity index (χ4v) is 2.91. The summed E-state index contributed by atoms with van der Waals surface area (Å²) in [5.41, 5.74) is -0.510. The van der Waals surface area contributed by atoms with Gasteiger partial charge in [-0.15, -0.1) is 11.3 Å². The average molecular weight is 212 g/mol. The number of halogens is 1. The Morgan fingerprint density at radius 1 is 1.64 bits per heavy atom. The highest BCUT2D eigenvalue weighted by Crippen LogP contribution is 2.53. The highest BCUT2D eigenvalue weighted by Gasteiger charge is 2.48. The third-order valence-corrected chi connectivity index (χ3v) is 3.93. The maximum Gasteiger partial charge on any atom is 0.147 e. The lowest BCUT2D eigenvalue weighted by molar-refractivity contribution is 0.263.